The number of hydrogen-bond acceptors (Lipinski definition) is 6. The zero-order valence-electron chi connectivity index (χ0n) is 19.6. The van der Waals surface area contributed by atoms with E-state index in [2.05, 4.69) is 13.8 Å². The summed E-state index contributed by atoms with van der Waals surface area (Å²) in [6.07, 6.45) is 4.45. The summed E-state index contributed by atoms with van der Waals surface area (Å²) in [7, 11) is 0. The third-order valence-corrected chi connectivity index (χ3v) is 7.89. The Hall–Kier alpha value is -2.37. The molecule has 0 N–H and O–H groups in total. The highest BCUT2D eigenvalue weighted by Crippen LogP contribution is 2.58. The number of carbonyl (C=O) groups is 3. The summed E-state index contributed by atoms with van der Waals surface area (Å²) in [5.74, 6) is -0.950. The molecule has 0 aromatic rings. The van der Waals surface area contributed by atoms with Gasteiger partial charge in [0.1, 0.15) is 18.3 Å². The molecule has 6 unspecified atom stereocenters. The molecule has 0 radical (unpaired) electrons. The zero-order chi connectivity index (χ0) is 23.1. The van der Waals surface area contributed by atoms with Gasteiger partial charge >= 0.3 is 17.9 Å². The van der Waals surface area contributed by atoms with E-state index in [4.69, 9.17) is 14.2 Å². The topological polar surface area (TPSA) is 78.9 Å². The summed E-state index contributed by atoms with van der Waals surface area (Å²) in [6.45, 7) is 13.0. The minimum atomic E-state index is -0.607. The molecule has 0 spiro atoms. The summed E-state index contributed by atoms with van der Waals surface area (Å²) < 4.78 is 17.6. The molecular weight excluding hydrogens is 396 g/mol. The smallest absolute Gasteiger partial charge is 0.334 e. The van der Waals surface area contributed by atoms with Crippen molar-refractivity contribution >= 4 is 17.9 Å². The van der Waals surface area contributed by atoms with Gasteiger partial charge in [-0.15, -0.1) is 0 Å². The number of fused-ring (bicyclic) bond motifs is 2. The Morgan fingerprint density at radius 3 is 2.23 bits per heavy atom. The molecule has 0 aromatic carbocycles. The maximum absolute atomic E-state index is 12.8. The Morgan fingerprint density at radius 2 is 1.65 bits per heavy atom. The quantitative estimate of drug-likeness (QED) is 0.373. The van der Waals surface area contributed by atoms with Gasteiger partial charge in [-0.1, -0.05) is 26.0 Å². The van der Waals surface area contributed by atoms with Crippen LogP contribution in [0.5, 0.6) is 0 Å². The summed E-state index contributed by atoms with van der Waals surface area (Å²) in [6, 6.07) is 0. The van der Waals surface area contributed by atoms with Crippen molar-refractivity contribution in [2.24, 2.45) is 17.3 Å². The number of ether oxygens (including phenoxy) is 3. The molecule has 6 atom stereocenters. The molecule has 170 valence electrons. The molecule has 3 aliphatic rings. The average Bonchev–Trinajstić information content (AvgIpc) is 3.03. The van der Waals surface area contributed by atoms with Crippen molar-refractivity contribution in [1.29, 1.82) is 0 Å². The monoisotopic (exact) mass is 430 g/mol. The molecule has 0 bridgehead atoms. The highest BCUT2D eigenvalue weighted by atomic mass is 16.6. The van der Waals surface area contributed by atoms with Crippen LogP contribution in [0.25, 0.3) is 0 Å². The van der Waals surface area contributed by atoms with Crippen LogP contribution >= 0.6 is 0 Å². The van der Waals surface area contributed by atoms with Crippen molar-refractivity contribution in [3.63, 3.8) is 0 Å². The van der Waals surface area contributed by atoms with E-state index in [1.165, 1.54) is 0 Å². The molecule has 2 aliphatic carbocycles. The van der Waals surface area contributed by atoms with Crippen LogP contribution in [0, 0.1) is 17.3 Å². The number of hydrogen-bond donors (Lipinski definition) is 0. The van der Waals surface area contributed by atoms with Crippen molar-refractivity contribution in [3.8, 4) is 0 Å². The van der Waals surface area contributed by atoms with E-state index in [-0.39, 0.29) is 36.0 Å². The second kappa shape index (κ2) is 8.64. The van der Waals surface area contributed by atoms with Crippen LogP contribution in [0.2, 0.25) is 0 Å². The van der Waals surface area contributed by atoms with Crippen molar-refractivity contribution in [1.82, 2.24) is 0 Å². The number of carbonyl (C=O) groups excluding carboxylic acids is 3. The molecule has 0 amide bonds. The lowest BCUT2D eigenvalue weighted by molar-refractivity contribution is -0.184. The van der Waals surface area contributed by atoms with Gasteiger partial charge in [0.05, 0.1) is 0 Å². The molecule has 6 nitrogen and oxygen atoms in total. The average molecular weight is 431 g/mol. The predicted molar refractivity (Wildman–Crippen MR) is 116 cm³/mol. The summed E-state index contributed by atoms with van der Waals surface area (Å²) >= 11 is 0. The SMILES string of the molecule is C/C=C(/C)C(=O)OC1CCC2CC3OC(=O)C(C)=C3C(OC(=O)/C(C)=C\C)C2(C)C1C. The molecule has 1 heterocycles. The third-order valence-electron chi connectivity index (χ3n) is 7.89. The fraction of sp³-hybridized carbons (Fsp3) is 0.640. The third kappa shape index (κ3) is 3.85. The van der Waals surface area contributed by atoms with Crippen LogP contribution in [0.3, 0.4) is 0 Å². The van der Waals surface area contributed by atoms with Crippen LogP contribution in [0.4, 0.5) is 0 Å². The lowest BCUT2D eigenvalue weighted by Crippen LogP contribution is -2.58. The molecule has 0 aromatic heterocycles. The van der Waals surface area contributed by atoms with E-state index < -0.39 is 17.5 Å². The lowest BCUT2D eigenvalue weighted by atomic mass is 9.52. The van der Waals surface area contributed by atoms with Gasteiger partial charge in [0, 0.05) is 33.6 Å². The molecule has 6 heteroatoms. The fourth-order valence-electron chi connectivity index (χ4n) is 5.32. The normalized spacial score (nSPS) is 35.8. The van der Waals surface area contributed by atoms with Crippen LogP contribution in [-0.4, -0.2) is 36.2 Å². The van der Waals surface area contributed by atoms with E-state index in [0.717, 1.165) is 18.4 Å². The first kappa shape index (κ1) is 23.3. The summed E-state index contributed by atoms with van der Waals surface area (Å²) in [5, 5.41) is 0. The predicted octanol–water partition coefficient (Wildman–Crippen LogP) is 4.44. The molecule has 1 aliphatic heterocycles. The van der Waals surface area contributed by atoms with Gasteiger partial charge in [-0.3, -0.25) is 0 Å². The Kier molecular flexibility index (Phi) is 6.49. The standard InChI is InChI=1S/C25H34O6/c1-8-13(3)22(26)29-18-11-10-17-12-19-20(15(5)24(28)30-19)21(25(17,7)16(18)6)31-23(27)14(4)9-2/h8-9,16-19,21H,10-12H2,1-7H3/b13-8-,14-9-. The largest absolute Gasteiger partial charge is 0.459 e. The molecule has 3 rings (SSSR count). The number of esters is 3. The van der Waals surface area contributed by atoms with Crippen molar-refractivity contribution in [2.45, 2.75) is 86.0 Å². The van der Waals surface area contributed by atoms with Crippen LogP contribution in [0.15, 0.2) is 34.4 Å². The Balaban J connectivity index is 2.01. The Labute approximate surface area is 184 Å². The lowest BCUT2D eigenvalue weighted by Gasteiger charge is -2.56. The highest BCUT2D eigenvalue weighted by Gasteiger charge is 2.61. The number of allylic oxidation sites excluding steroid dienone is 2. The highest BCUT2D eigenvalue weighted by molar-refractivity contribution is 5.93. The van der Waals surface area contributed by atoms with Gasteiger partial charge in [-0.2, -0.15) is 0 Å². The van der Waals surface area contributed by atoms with Crippen LogP contribution in [0.1, 0.15) is 67.7 Å². The molecule has 0 saturated heterocycles. The van der Waals surface area contributed by atoms with E-state index in [0.29, 0.717) is 23.1 Å². The molecular formula is C25H34O6. The molecule has 2 saturated carbocycles. The fourth-order valence-corrected chi connectivity index (χ4v) is 5.32. The maximum atomic E-state index is 12.8. The van der Waals surface area contributed by atoms with Gasteiger partial charge in [0.15, 0.2) is 0 Å². The van der Waals surface area contributed by atoms with E-state index >= 15 is 0 Å². The first-order chi connectivity index (χ1) is 14.6. The second-order valence-electron chi connectivity index (χ2n) is 9.31. The van der Waals surface area contributed by atoms with Gasteiger partial charge in [-0.05, 0) is 59.8 Å². The van der Waals surface area contributed by atoms with E-state index in [9.17, 15) is 14.4 Å². The minimum Gasteiger partial charge on any atom is -0.459 e. The second-order valence-corrected chi connectivity index (χ2v) is 9.31. The Morgan fingerprint density at radius 1 is 1.06 bits per heavy atom. The first-order valence-corrected chi connectivity index (χ1v) is 11.2. The maximum Gasteiger partial charge on any atom is 0.334 e. The van der Waals surface area contributed by atoms with Crippen molar-refractivity contribution in [2.75, 3.05) is 0 Å². The molecule has 2 fully saturated rings. The summed E-state index contributed by atoms with van der Waals surface area (Å²) in [4.78, 5) is 37.6. The summed E-state index contributed by atoms with van der Waals surface area (Å²) in [5.41, 5.74) is 1.89. The van der Waals surface area contributed by atoms with Crippen LogP contribution < -0.4 is 0 Å². The van der Waals surface area contributed by atoms with Gasteiger partial charge in [0.2, 0.25) is 0 Å². The van der Waals surface area contributed by atoms with Crippen molar-refractivity contribution in [3.05, 3.63) is 34.4 Å². The van der Waals surface area contributed by atoms with Gasteiger partial charge < -0.3 is 14.2 Å². The van der Waals surface area contributed by atoms with Gasteiger partial charge in [-0.25, -0.2) is 14.4 Å². The van der Waals surface area contributed by atoms with Gasteiger partial charge in [0.25, 0.3) is 0 Å². The Bertz CT molecular complexity index is 878. The first-order valence-electron chi connectivity index (χ1n) is 11.2. The molecule has 31 heavy (non-hydrogen) atoms. The van der Waals surface area contributed by atoms with E-state index in [1.807, 2.05) is 6.92 Å². The minimum absolute atomic E-state index is 0.0690. The number of rotatable bonds is 4. The zero-order valence-corrected chi connectivity index (χ0v) is 19.6. The van der Waals surface area contributed by atoms with E-state index in [1.54, 1.807) is 39.8 Å². The van der Waals surface area contributed by atoms with Crippen molar-refractivity contribution < 1.29 is 28.6 Å². The van der Waals surface area contributed by atoms with Crippen LogP contribution in [-0.2, 0) is 28.6 Å².